The Kier molecular flexibility index (Phi) is 4.37. The third kappa shape index (κ3) is 3.30. The number of benzene rings is 1. The van der Waals surface area contributed by atoms with Crippen molar-refractivity contribution < 1.29 is 8.94 Å². The van der Waals surface area contributed by atoms with Gasteiger partial charge in [-0.1, -0.05) is 35.5 Å². The summed E-state index contributed by atoms with van der Waals surface area (Å²) in [4.78, 5) is 22.4. The standard InChI is InChI=1S/C22H20N4O3/c1-14-16(20(29-25-14)15-6-3-2-4-7-15)12-26-10-9-18-17(13-26)22(27)24-21(23-18)19-8-5-11-28-19/h2-8,11H,9-10,12-13H2,1H3,(H,23,24,27). The van der Waals surface area contributed by atoms with Gasteiger partial charge in [0.1, 0.15) is 0 Å². The topological polar surface area (TPSA) is 88.2 Å². The highest BCUT2D eigenvalue weighted by Crippen LogP contribution is 2.28. The zero-order valence-electron chi connectivity index (χ0n) is 16.0. The molecule has 0 bridgehead atoms. The summed E-state index contributed by atoms with van der Waals surface area (Å²) in [6.45, 7) is 3.96. The largest absolute Gasteiger partial charge is 0.461 e. The van der Waals surface area contributed by atoms with Crippen molar-refractivity contribution in [2.45, 2.75) is 26.4 Å². The monoisotopic (exact) mass is 388 g/mol. The third-order valence-corrected chi connectivity index (χ3v) is 5.30. The summed E-state index contributed by atoms with van der Waals surface area (Å²) in [5, 5.41) is 4.17. The first-order valence-corrected chi connectivity index (χ1v) is 9.58. The van der Waals surface area contributed by atoms with E-state index in [2.05, 4.69) is 20.0 Å². The predicted octanol–water partition coefficient (Wildman–Crippen LogP) is 3.55. The molecule has 0 saturated heterocycles. The van der Waals surface area contributed by atoms with Crippen LogP contribution in [0.4, 0.5) is 0 Å². The van der Waals surface area contributed by atoms with Crippen LogP contribution in [0.2, 0.25) is 0 Å². The first kappa shape index (κ1) is 17.6. The lowest BCUT2D eigenvalue weighted by Crippen LogP contribution is -2.35. The molecule has 1 aliphatic rings. The first-order chi connectivity index (χ1) is 14.2. The van der Waals surface area contributed by atoms with Crippen LogP contribution in [0.15, 0.2) is 62.5 Å². The Hall–Kier alpha value is -3.45. The van der Waals surface area contributed by atoms with Crippen LogP contribution in [0.25, 0.3) is 22.9 Å². The molecule has 0 amide bonds. The summed E-state index contributed by atoms with van der Waals surface area (Å²) >= 11 is 0. The maximum absolute atomic E-state index is 12.7. The molecule has 0 saturated carbocycles. The fraction of sp³-hybridized carbons (Fsp3) is 0.227. The van der Waals surface area contributed by atoms with E-state index in [0.717, 1.165) is 34.8 Å². The van der Waals surface area contributed by atoms with Crippen molar-refractivity contribution in [3.8, 4) is 22.9 Å². The van der Waals surface area contributed by atoms with Crippen LogP contribution in [0.3, 0.4) is 0 Å². The van der Waals surface area contributed by atoms with Gasteiger partial charge in [0.05, 0.1) is 23.2 Å². The van der Waals surface area contributed by atoms with Gasteiger partial charge in [0.25, 0.3) is 5.56 Å². The molecule has 0 unspecified atom stereocenters. The van der Waals surface area contributed by atoms with Crippen molar-refractivity contribution in [1.29, 1.82) is 0 Å². The molecule has 1 aromatic carbocycles. The third-order valence-electron chi connectivity index (χ3n) is 5.30. The Balaban J connectivity index is 1.42. The highest BCUT2D eigenvalue weighted by molar-refractivity contribution is 5.61. The van der Waals surface area contributed by atoms with Crippen LogP contribution in [-0.2, 0) is 19.5 Å². The van der Waals surface area contributed by atoms with E-state index in [1.165, 1.54) is 0 Å². The molecule has 4 aromatic rings. The number of rotatable bonds is 4. The second-order valence-electron chi connectivity index (χ2n) is 7.22. The molecule has 3 aromatic heterocycles. The lowest BCUT2D eigenvalue weighted by Gasteiger charge is -2.27. The Bertz CT molecular complexity index is 1190. The number of H-pyrrole nitrogens is 1. The Morgan fingerprint density at radius 3 is 2.83 bits per heavy atom. The average Bonchev–Trinajstić information content (AvgIpc) is 3.40. The minimum absolute atomic E-state index is 0.114. The number of aryl methyl sites for hydroxylation is 1. The minimum atomic E-state index is -0.114. The smallest absolute Gasteiger partial charge is 0.256 e. The maximum atomic E-state index is 12.7. The predicted molar refractivity (Wildman–Crippen MR) is 107 cm³/mol. The van der Waals surface area contributed by atoms with E-state index in [-0.39, 0.29) is 5.56 Å². The maximum Gasteiger partial charge on any atom is 0.256 e. The molecule has 1 aliphatic heterocycles. The lowest BCUT2D eigenvalue weighted by atomic mass is 10.0. The Morgan fingerprint density at radius 1 is 1.17 bits per heavy atom. The minimum Gasteiger partial charge on any atom is -0.461 e. The summed E-state index contributed by atoms with van der Waals surface area (Å²) in [5.41, 5.74) is 4.36. The van der Waals surface area contributed by atoms with E-state index in [1.54, 1.807) is 18.4 Å². The van der Waals surface area contributed by atoms with Crippen LogP contribution in [0.1, 0.15) is 22.5 Å². The van der Waals surface area contributed by atoms with Crippen molar-refractivity contribution in [3.05, 3.63) is 81.6 Å². The van der Waals surface area contributed by atoms with Gasteiger partial charge in [-0.15, -0.1) is 0 Å². The van der Waals surface area contributed by atoms with Gasteiger partial charge in [0.2, 0.25) is 0 Å². The number of hydrogen-bond donors (Lipinski definition) is 1. The molecule has 0 atom stereocenters. The van der Waals surface area contributed by atoms with Gasteiger partial charge >= 0.3 is 0 Å². The van der Waals surface area contributed by atoms with Crippen LogP contribution >= 0.6 is 0 Å². The van der Waals surface area contributed by atoms with Crippen molar-refractivity contribution in [3.63, 3.8) is 0 Å². The van der Waals surface area contributed by atoms with Gasteiger partial charge in [0, 0.05) is 37.2 Å². The van der Waals surface area contributed by atoms with Crippen molar-refractivity contribution in [1.82, 2.24) is 20.0 Å². The number of nitrogens with one attached hydrogen (secondary N) is 1. The summed E-state index contributed by atoms with van der Waals surface area (Å²) in [6.07, 6.45) is 2.28. The number of fused-ring (bicyclic) bond motifs is 1. The van der Waals surface area contributed by atoms with E-state index in [0.29, 0.717) is 36.7 Å². The van der Waals surface area contributed by atoms with Gasteiger partial charge in [-0.2, -0.15) is 0 Å². The molecular weight excluding hydrogens is 368 g/mol. The molecular formula is C22H20N4O3. The van der Waals surface area contributed by atoms with Crippen molar-refractivity contribution >= 4 is 0 Å². The molecule has 0 radical (unpaired) electrons. The number of furan rings is 1. The lowest BCUT2D eigenvalue weighted by molar-refractivity contribution is 0.241. The molecule has 146 valence electrons. The van der Waals surface area contributed by atoms with Crippen molar-refractivity contribution in [2.75, 3.05) is 6.54 Å². The van der Waals surface area contributed by atoms with Gasteiger partial charge in [-0.3, -0.25) is 9.69 Å². The van der Waals surface area contributed by atoms with E-state index < -0.39 is 0 Å². The molecule has 1 N–H and O–H groups in total. The molecule has 5 rings (SSSR count). The number of aromatic amines is 1. The fourth-order valence-electron chi connectivity index (χ4n) is 3.76. The zero-order chi connectivity index (χ0) is 19.8. The van der Waals surface area contributed by atoms with Crippen LogP contribution in [-0.4, -0.2) is 26.6 Å². The Labute approximate surface area is 167 Å². The van der Waals surface area contributed by atoms with E-state index in [4.69, 9.17) is 8.94 Å². The highest BCUT2D eigenvalue weighted by atomic mass is 16.5. The highest BCUT2D eigenvalue weighted by Gasteiger charge is 2.25. The molecule has 29 heavy (non-hydrogen) atoms. The van der Waals surface area contributed by atoms with Crippen molar-refractivity contribution in [2.24, 2.45) is 0 Å². The Morgan fingerprint density at radius 2 is 2.03 bits per heavy atom. The van der Waals surface area contributed by atoms with Gasteiger partial charge < -0.3 is 13.9 Å². The summed E-state index contributed by atoms with van der Waals surface area (Å²) in [7, 11) is 0. The van der Waals surface area contributed by atoms with E-state index in [1.807, 2.05) is 37.3 Å². The average molecular weight is 388 g/mol. The summed E-state index contributed by atoms with van der Waals surface area (Å²) in [6, 6.07) is 13.5. The molecule has 0 aliphatic carbocycles. The molecule has 4 heterocycles. The second-order valence-corrected chi connectivity index (χ2v) is 7.22. The van der Waals surface area contributed by atoms with Crippen LogP contribution in [0, 0.1) is 6.92 Å². The SMILES string of the molecule is Cc1noc(-c2ccccc2)c1CN1CCc2nc(-c3ccco3)[nH]c(=O)c2C1. The quantitative estimate of drug-likeness (QED) is 0.575. The fourth-order valence-corrected chi connectivity index (χ4v) is 3.76. The summed E-state index contributed by atoms with van der Waals surface area (Å²) in [5.74, 6) is 1.84. The molecule has 0 spiro atoms. The molecule has 0 fully saturated rings. The van der Waals surface area contributed by atoms with Crippen LogP contribution < -0.4 is 5.56 Å². The van der Waals surface area contributed by atoms with E-state index >= 15 is 0 Å². The normalized spacial score (nSPS) is 14.1. The number of nitrogens with zero attached hydrogens (tertiary/aromatic N) is 3. The van der Waals surface area contributed by atoms with Gasteiger partial charge in [-0.05, 0) is 19.1 Å². The first-order valence-electron chi connectivity index (χ1n) is 9.58. The molecule has 7 heteroatoms. The van der Waals surface area contributed by atoms with Crippen LogP contribution in [0.5, 0.6) is 0 Å². The summed E-state index contributed by atoms with van der Waals surface area (Å²) < 4.78 is 11.0. The number of aromatic nitrogens is 3. The molecule has 7 nitrogen and oxygen atoms in total. The zero-order valence-corrected chi connectivity index (χ0v) is 16.0. The second kappa shape index (κ2) is 7.18. The number of hydrogen-bond acceptors (Lipinski definition) is 6. The van der Waals surface area contributed by atoms with E-state index in [9.17, 15) is 4.79 Å². The van der Waals surface area contributed by atoms with Gasteiger partial charge in [0.15, 0.2) is 17.3 Å². The van der Waals surface area contributed by atoms with Gasteiger partial charge in [-0.25, -0.2) is 4.98 Å².